The van der Waals surface area contributed by atoms with Gasteiger partial charge in [-0.05, 0) is 131 Å². The second-order valence-corrected chi connectivity index (χ2v) is 17.4. The van der Waals surface area contributed by atoms with Gasteiger partial charge in [-0.1, -0.05) is 59.1 Å². The minimum atomic E-state index is -0.151. The molecule has 4 N–H and O–H groups in total. The summed E-state index contributed by atoms with van der Waals surface area (Å²) in [6.45, 7) is 17.6. The number of hydrogen-bond acceptors (Lipinski definition) is 5. The largest absolute Gasteiger partial charge is 0.462 e. The van der Waals surface area contributed by atoms with Crippen LogP contribution in [-0.2, 0) is 14.3 Å². The van der Waals surface area contributed by atoms with Gasteiger partial charge in [0.25, 0.3) is 0 Å². The van der Waals surface area contributed by atoms with Crippen molar-refractivity contribution in [1.29, 1.82) is 0 Å². The van der Waals surface area contributed by atoms with E-state index >= 15 is 0 Å². The number of nitrogens with zero attached hydrogens (tertiary/aromatic N) is 1. The van der Waals surface area contributed by atoms with Crippen molar-refractivity contribution in [3.8, 4) is 0 Å². The van der Waals surface area contributed by atoms with E-state index in [1.807, 2.05) is 18.7 Å². The zero-order valence-electron chi connectivity index (χ0n) is 30.8. The second-order valence-electron chi connectivity index (χ2n) is 17.4. The Morgan fingerprint density at radius 3 is 2.24 bits per heavy atom. The molecule has 0 saturated heterocycles. The van der Waals surface area contributed by atoms with E-state index in [2.05, 4.69) is 40.7 Å². The lowest BCUT2D eigenvalue weighted by Gasteiger charge is -2.58. The van der Waals surface area contributed by atoms with Crippen LogP contribution in [0.4, 0.5) is 0 Å². The Morgan fingerprint density at radius 2 is 1.59 bits per heavy atom. The Bertz CT molecular complexity index is 1030. The summed E-state index contributed by atoms with van der Waals surface area (Å²) in [4.78, 5) is 27.7. The number of nitrogens with two attached hydrogens (primary N) is 2. The van der Waals surface area contributed by atoms with E-state index < -0.39 is 0 Å². The quantitative estimate of drug-likeness (QED) is 0.130. The molecular formula is C40H71N3O3. The summed E-state index contributed by atoms with van der Waals surface area (Å²) in [6, 6.07) is 0.102. The van der Waals surface area contributed by atoms with Crippen molar-refractivity contribution >= 4 is 11.9 Å². The summed E-state index contributed by atoms with van der Waals surface area (Å²) in [6.07, 6.45) is 19.4. The Hall–Kier alpha value is -1.40. The predicted octanol–water partition coefficient (Wildman–Crippen LogP) is 8.41. The Labute approximate surface area is 282 Å². The molecule has 0 spiro atoms. The van der Waals surface area contributed by atoms with Crippen LogP contribution >= 0.6 is 0 Å². The Kier molecular flexibility index (Phi) is 13.3. The van der Waals surface area contributed by atoms with Crippen molar-refractivity contribution < 1.29 is 14.3 Å². The number of carbonyl (C=O) groups is 2. The van der Waals surface area contributed by atoms with Crippen LogP contribution in [0.1, 0.15) is 151 Å². The van der Waals surface area contributed by atoms with Crippen LogP contribution in [0.2, 0.25) is 0 Å². The lowest BCUT2D eigenvalue weighted by Crippen LogP contribution is -2.50. The van der Waals surface area contributed by atoms with E-state index in [1.165, 1.54) is 51.4 Å². The number of amides is 1. The van der Waals surface area contributed by atoms with E-state index in [-0.39, 0.29) is 35.5 Å². The first-order valence-corrected chi connectivity index (χ1v) is 19.4. The molecule has 0 aromatic heterocycles. The lowest BCUT2D eigenvalue weighted by molar-refractivity contribution is -0.151. The number of esters is 1. The average Bonchev–Trinajstić information content (AvgIpc) is 3.33. The number of rotatable bonds is 16. The molecule has 0 heterocycles. The molecule has 6 nitrogen and oxygen atoms in total. The summed E-state index contributed by atoms with van der Waals surface area (Å²) in [5.74, 6) is 4.95. The Balaban J connectivity index is 1.26. The molecule has 0 aromatic rings. The number of ether oxygens (including phenoxy) is 1. The van der Waals surface area contributed by atoms with E-state index in [4.69, 9.17) is 16.2 Å². The first kappa shape index (κ1) is 37.4. The summed E-state index contributed by atoms with van der Waals surface area (Å²) < 4.78 is 6.05. The summed E-state index contributed by atoms with van der Waals surface area (Å²) >= 11 is 0. The van der Waals surface area contributed by atoms with E-state index in [0.29, 0.717) is 37.8 Å². The van der Waals surface area contributed by atoms with Crippen LogP contribution in [0.25, 0.3) is 0 Å². The molecule has 2 unspecified atom stereocenters. The molecule has 10 atom stereocenters. The van der Waals surface area contributed by atoms with Crippen molar-refractivity contribution in [3.63, 3.8) is 0 Å². The number of carbonyl (C=O) groups excluding carboxylic acids is 2. The lowest BCUT2D eigenvalue weighted by atomic mass is 9.47. The maximum Gasteiger partial charge on any atom is 0.306 e. The van der Waals surface area contributed by atoms with Gasteiger partial charge in [0.2, 0.25) is 5.91 Å². The molecule has 4 rings (SSSR count). The minimum Gasteiger partial charge on any atom is -0.462 e. The molecule has 3 fully saturated rings. The average molecular weight is 642 g/mol. The fourth-order valence-electron chi connectivity index (χ4n) is 10.2. The normalized spacial score (nSPS) is 34.1. The smallest absolute Gasteiger partial charge is 0.306 e. The van der Waals surface area contributed by atoms with Gasteiger partial charge in [0.15, 0.2) is 0 Å². The van der Waals surface area contributed by atoms with Crippen molar-refractivity contribution in [3.05, 3.63) is 11.6 Å². The molecule has 46 heavy (non-hydrogen) atoms. The maximum absolute atomic E-state index is 12.9. The van der Waals surface area contributed by atoms with Crippen molar-refractivity contribution in [2.24, 2.45) is 57.8 Å². The van der Waals surface area contributed by atoms with Gasteiger partial charge < -0.3 is 21.1 Å². The van der Waals surface area contributed by atoms with Gasteiger partial charge in [-0.25, -0.2) is 0 Å². The monoisotopic (exact) mass is 642 g/mol. The zero-order valence-corrected chi connectivity index (χ0v) is 30.8. The predicted molar refractivity (Wildman–Crippen MR) is 190 cm³/mol. The highest BCUT2D eigenvalue weighted by Gasteiger charge is 2.58. The molecule has 3 saturated carbocycles. The highest BCUT2D eigenvalue weighted by atomic mass is 16.5. The number of allylic oxidation sites excluding steroid dienone is 1. The highest BCUT2D eigenvalue weighted by Crippen LogP contribution is 2.66. The molecule has 0 aliphatic heterocycles. The summed E-state index contributed by atoms with van der Waals surface area (Å²) in [5, 5.41) is 0. The summed E-state index contributed by atoms with van der Waals surface area (Å²) in [7, 11) is 0. The second kappa shape index (κ2) is 16.3. The van der Waals surface area contributed by atoms with Gasteiger partial charge in [-0.3, -0.25) is 9.59 Å². The van der Waals surface area contributed by atoms with Crippen molar-refractivity contribution in [2.45, 2.75) is 169 Å². The molecule has 0 bridgehead atoms. The molecule has 0 aromatic carbocycles. The summed E-state index contributed by atoms with van der Waals surface area (Å²) in [5.41, 5.74) is 14.2. The first-order valence-electron chi connectivity index (χ1n) is 19.4. The topological polar surface area (TPSA) is 98.6 Å². The van der Waals surface area contributed by atoms with Crippen molar-refractivity contribution in [1.82, 2.24) is 4.90 Å². The molecular weight excluding hydrogens is 570 g/mol. The van der Waals surface area contributed by atoms with Gasteiger partial charge in [-0.2, -0.15) is 0 Å². The van der Waals surface area contributed by atoms with Gasteiger partial charge in [0.05, 0.1) is 0 Å². The van der Waals surface area contributed by atoms with Crippen LogP contribution in [0.5, 0.6) is 0 Å². The highest BCUT2D eigenvalue weighted by molar-refractivity contribution is 5.77. The molecule has 6 heteroatoms. The van der Waals surface area contributed by atoms with E-state index in [1.54, 1.807) is 5.57 Å². The van der Waals surface area contributed by atoms with Crippen LogP contribution in [0.3, 0.4) is 0 Å². The zero-order chi connectivity index (χ0) is 33.6. The molecule has 4 aliphatic carbocycles. The van der Waals surface area contributed by atoms with Gasteiger partial charge in [-0.15, -0.1) is 0 Å². The van der Waals surface area contributed by atoms with Crippen LogP contribution < -0.4 is 11.5 Å². The first-order chi connectivity index (χ1) is 21.7. The third-order valence-electron chi connectivity index (χ3n) is 13.7. The third-order valence-corrected chi connectivity index (χ3v) is 13.7. The van der Waals surface area contributed by atoms with Gasteiger partial charge in [0.1, 0.15) is 6.10 Å². The van der Waals surface area contributed by atoms with Crippen LogP contribution in [0, 0.1) is 46.3 Å². The number of hydrogen-bond donors (Lipinski definition) is 2. The van der Waals surface area contributed by atoms with E-state index in [0.717, 1.165) is 67.6 Å². The standard InChI is InChI=1S/C40H71N3O3/c1-27(2)28(3)10-8-11-31-15-17-35-34-16-14-32-26-33(18-22-40(32,7)36(34)19-23-39(31,35)6)46-38(45)13-9-12-37(44)43(24-20-29(4)41)25-21-30(5)42/h14,27-31,33-36H,8-13,15-26,41-42H2,1-7H3/t28-,29?,30?,31+,33+,34+,35+,36+,39-,40+/m1/s1. The molecule has 264 valence electrons. The fourth-order valence-corrected chi connectivity index (χ4v) is 10.2. The molecule has 1 amide bonds. The maximum atomic E-state index is 12.9. The van der Waals surface area contributed by atoms with Crippen molar-refractivity contribution in [2.75, 3.05) is 13.1 Å². The minimum absolute atomic E-state index is 0.0226. The van der Waals surface area contributed by atoms with E-state index in [9.17, 15) is 9.59 Å². The molecule has 4 aliphatic rings. The van der Waals surface area contributed by atoms with Crippen LogP contribution in [0.15, 0.2) is 11.6 Å². The number of fused-ring (bicyclic) bond motifs is 5. The van der Waals surface area contributed by atoms with Gasteiger partial charge >= 0.3 is 5.97 Å². The van der Waals surface area contributed by atoms with Crippen LogP contribution in [-0.4, -0.2) is 48.1 Å². The fraction of sp³-hybridized carbons (Fsp3) is 0.900. The SMILES string of the molecule is CC(N)CCN(CCC(C)N)C(=O)CCCC(=O)O[C@H]1CC[C@@]2(C)C(=CC[C@H]3[C@@H]4CC[C@H](CCC[C@@H](C)C(C)C)[C@@]4(C)CC[C@@H]32)C1. The Morgan fingerprint density at radius 1 is 0.891 bits per heavy atom. The third kappa shape index (κ3) is 8.98. The van der Waals surface area contributed by atoms with Gasteiger partial charge in [0, 0.05) is 44.4 Å². The molecule has 0 radical (unpaired) electrons.